The molecule has 0 spiro atoms. The largest absolute Gasteiger partial charge is 0.480 e. The number of nitrogens with two attached hydrogens (primary N) is 1. The lowest BCUT2D eigenvalue weighted by Gasteiger charge is -2.43. The quantitative estimate of drug-likeness (QED) is 0.303. The molecule has 0 bridgehead atoms. The van der Waals surface area contributed by atoms with Gasteiger partial charge >= 0.3 is 5.97 Å². The van der Waals surface area contributed by atoms with E-state index in [0.29, 0.717) is 11.6 Å². The number of piperidine rings is 1. The number of likely N-dealkylation sites (tertiary alicyclic amines) is 1. The molecule has 0 atom stereocenters. The lowest BCUT2D eigenvalue weighted by atomic mass is 10.0. The minimum atomic E-state index is -0.741. The van der Waals surface area contributed by atoms with E-state index in [9.17, 15) is 4.79 Å². The van der Waals surface area contributed by atoms with Gasteiger partial charge < -0.3 is 20.9 Å². The summed E-state index contributed by atoms with van der Waals surface area (Å²) in [5.41, 5.74) is 7.46. The molecule has 3 rings (SSSR count). The van der Waals surface area contributed by atoms with E-state index in [1.807, 2.05) is 29.2 Å². The molecule has 2 fully saturated rings. The van der Waals surface area contributed by atoms with Crippen LogP contribution in [0.15, 0.2) is 29.4 Å². The lowest BCUT2D eigenvalue weighted by Crippen LogP contribution is -2.53. The van der Waals surface area contributed by atoms with Crippen LogP contribution >= 0.6 is 0 Å². The maximum Gasteiger partial charge on any atom is 0.317 e. The Balaban J connectivity index is 1.48. The summed E-state index contributed by atoms with van der Waals surface area (Å²) in [6.07, 6.45) is 2.09. The van der Waals surface area contributed by atoms with E-state index in [4.69, 9.17) is 16.0 Å². The Labute approximate surface area is 153 Å². The zero-order valence-electron chi connectivity index (χ0n) is 14.9. The van der Waals surface area contributed by atoms with Crippen molar-refractivity contribution < 1.29 is 15.1 Å². The number of carboxylic acid groups (broad SMARTS) is 1. The number of oxime groups is 1. The number of hydrogen-bond acceptors (Lipinski definition) is 6. The zero-order valence-corrected chi connectivity index (χ0v) is 14.9. The first-order valence-electron chi connectivity index (χ1n) is 9.08. The Morgan fingerprint density at radius 1 is 1.08 bits per heavy atom. The number of rotatable bonds is 5. The number of benzene rings is 1. The van der Waals surface area contributed by atoms with Crippen molar-refractivity contribution in [2.24, 2.45) is 10.9 Å². The molecule has 2 heterocycles. The van der Waals surface area contributed by atoms with Crippen LogP contribution in [0.25, 0.3) is 0 Å². The maximum atomic E-state index is 10.8. The van der Waals surface area contributed by atoms with Crippen LogP contribution in [0.4, 0.5) is 5.69 Å². The minimum Gasteiger partial charge on any atom is -0.480 e. The highest BCUT2D eigenvalue weighted by atomic mass is 16.4. The topological polar surface area (TPSA) is 106 Å². The molecule has 8 nitrogen and oxygen atoms in total. The smallest absolute Gasteiger partial charge is 0.317 e. The van der Waals surface area contributed by atoms with Gasteiger partial charge in [0.1, 0.15) is 0 Å². The van der Waals surface area contributed by atoms with Crippen molar-refractivity contribution in [1.29, 1.82) is 0 Å². The highest BCUT2D eigenvalue weighted by Gasteiger charge is 2.28. The van der Waals surface area contributed by atoms with Crippen LogP contribution in [0.1, 0.15) is 18.4 Å². The number of nitrogens with zero attached hydrogens (tertiary/aromatic N) is 4. The Morgan fingerprint density at radius 3 is 2.23 bits per heavy atom. The van der Waals surface area contributed by atoms with E-state index in [2.05, 4.69) is 15.0 Å². The summed E-state index contributed by atoms with van der Waals surface area (Å²) >= 11 is 0. The summed E-state index contributed by atoms with van der Waals surface area (Å²) < 4.78 is 0. The molecule has 2 aliphatic rings. The number of hydrogen-bond donors (Lipinski definition) is 3. The second-order valence-electron chi connectivity index (χ2n) is 6.96. The molecule has 1 aromatic rings. The van der Waals surface area contributed by atoms with E-state index in [1.165, 1.54) is 0 Å². The van der Waals surface area contributed by atoms with Crippen molar-refractivity contribution in [1.82, 2.24) is 9.80 Å². The number of anilines is 1. The third-order valence-corrected chi connectivity index (χ3v) is 5.38. The molecular formula is C18H27N5O3. The highest BCUT2D eigenvalue weighted by Crippen LogP contribution is 2.21. The van der Waals surface area contributed by atoms with Crippen LogP contribution in [0.5, 0.6) is 0 Å². The molecular weight excluding hydrogens is 334 g/mol. The molecule has 1 aromatic carbocycles. The summed E-state index contributed by atoms with van der Waals surface area (Å²) in [5.74, 6) is -0.620. The van der Waals surface area contributed by atoms with Gasteiger partial charge in [0.2, 0.25) is 0 Å². The Morgan fingerprint density at radius 2 is 1.69 bits per heavy atom. The van der Waals surface area contributed by atoms with Gasteiger partial charge in [0, 0.05) is 56.6 Å². The van der Waals surface area contributed by atoms with E-state index < -0.39 is 5.97 Å². The third-order valence-electron chi connectivity index (χ3n) is 5.38. The number of carbonyl (C=O) groups is 1. The van der Waals surface area contributed by atoms with Gasteiger partial charge in [0.05, 0.1) is 6.54 Å². The third kappa shape index (κ3) is 4.44. The molecule has 2 saturated heterocycles. The van der Waals surface area contributed by atoms with Crippen molar-refractivity contribution >= 4 is 17.5 Å². The first-order valence-corrected chi connectivity index (χ1v) is 9.08. The summed E-state index contributed by atoms with van der Waals surface area (Å²) in [5, 5.41) is 20.7. The second kappa shape index (κ2) is 8.37. The van der Waals surface area contributed by atoms with Gasteiger partial charge in [-0.2, -0.15) is 0 Å². The number of carboxylic acids is 1. The van der Waals surface area contributed by atoms with E-state index in [-0.39, 0.29) is 12.4 Å². The number of aliphatic carboxylic acids is 1. The van der Waals surface area contributed by atoms with Gasteiger partial charge in [-0.05, 0) is 37.1 Å². The number of amidine groups is 1. The van der Waals surface area contributed by atoms with E-state index >= 15 is 0 Å². The molecule has 8 heteroatoms. The SMILES string of the molecule is N/C(=N/O)c1ccc(N2CCN(C3CCN(CC(=O)O)CC3)CC2)cc1. The van der Waals surface area contributed by atoms with Gasteiger partial charge in [-0.15, -0.1) is 0 Å². The first-order chi connectivity index (χ1) is 12.6. The van der Waals surface area contributed by atoms with Gasteiger partial charge in [-0.3, -0.25) is 14.6 Å². The fourth-order valence-corrected chi connectivity index (χ4v) is 3.88. The van der Waals surface area contributed by atoms with Gasteiger partial charge in [-0.1, -0.05) is 5.16 Å². The minimum absolute atomic E-state index is 0.121. The number of piperazine rings is 1. The zero-order chi connectivity index (χ0) is 18.5. The molecule has 142 valence electrons. The summed E-state index contributed by atoms with van der Waals surface area (Å²) in [4.78, 5) is 17.7. The molecule has 0 radical (unpaired) electrons. The fourth-order valence-electron chi connectivity index (χ4n) is 3.88. The molecule has 0 unspecified atom stereocenters. The summed E-state index contributed by atoms with van der Waals surface area (Å²) in [6, 6.07) is 8.31. The van der Waals surface area contributed by atoms with Crippen LogP contribution in [0, 0.1) is 0 Å². The standard InChI is InChI=1S/C18H27N5O3/c19-18(20-26)14-1-3-15(4-2-14)22-9-11-23(12-10-22)16-5-7-21(8-6-16)13-17(24)25/h1-4,16,26H,5-13H2,(H2,19,20)(H,24,25). The predicted octanol–water partition coefficient (Wildman–Crippen LogP) is 0.452. The summed E-state index contributed by atoms with van der Waals surface area (Å²) in [6.45, 7) is 5.87. The molecule has 2 aliphatic heterocycles. The van der Waals surface area contributed by atoms with Crippen molar-refractivity contribution in [3.05, 3.63) is 29.8 Å². The molecule has 0 amide bonds. The van der Waals surface area contributed by atoms with Crippen LogP contribution in [0.2, 0.25) is 0 Å². The van der Waals surface area contributed by atoms with Crippen LogP contribution < -0.4 is 10.6 Å². The normalized spacial score (nSPS) is 21.1. The fraction of sp³-hybridized carbons (Fsp3) is 0.556. The highest BCUT2D eigenvalue weighted by molar-refractivity contribution is 5.97. The average Bonchev–Trinajstić information content (AvgIpc) is 2.68. The first kappa shape index (κ1) is 18.5. The second-order valence-corrected chi connectivity index (χ2v) is 6.96. The van der Waals surface area contributed by atoms with Crippen molar-refractivity contribution in [2.75, 3.05) is 50.7 Å². The lowest BCUT2D eigenvalue weighted by molar-refractivity contribution is -0.138. The summed E-state index contributed by atoms with van der Waals surface area (Å²) in [7, 11) is 0. The van der Waals surface area contributed by atoms with Crippen molar-refractivity contribution in [3.8, 4) is 0 Å². The van der Waals surface area contributed by atoms with Gasteiger partial charge in [0.25, 0.3) is 0 Å². The Hall–Kier alpha value is -2.32. The molecule has 0 aromatic heterocycles. The van der Waals surface area contributed by atoms with E-state index in [0.717, 1.165) is 57.8 Å². The van der Waals surface area contributed by atoms with Crippen molar-refractivity contribution in [3.63, 3.8) is 0 Å². The predicted molar refractivity (Wildman–Crippen MR) is 99.8 cm³/mol. The molecule has 0 aliphatic carbocycles. The van der Waals surface area contributed by atoms with Crippen molar-refractivity contribution in [2.45, 2.75) is 18.9 Å². The monoisotopic (exact) mass is 361 g/mol. The van der Waals surface area contributed by atoms with Crippen LogP contribution in [-0.2, 0) is 4.79 Å². The molecule has 0 saturated carbocycles. The molecule has 26 heavy (non-hydrogen) atoms. The Bertz CT molecular complexity index is 633. The van der Waals surface area contributed by atoms with Gasteiger partial charge in [-0.25, -0.2) is 0 Å². The average molecular weight is 361 g/mol. The molecule has 4 N–H and O–H groups in total. The van der Waals surface area contributed by atoms with Gasteiger partial charge in [0.15, 0.2) is 5.84 Å². The van der Waals surface area contributed by atoms with Crippen LogP contribution in [-0.4, -0.2) is 83.8 Å². The maximum absolute atomic E-state index is 10.8. The van der Waals surface area contributed by atoms with E-state index in [1.54, 1.807) is 0 Å². The Kier molecular flexibility index (Phi) is 5.95. The van der Waals surface area contributed by atoms with Crippen LogP contribution in [0.3, 0.4) is 0 Å².